The van der Waals surface area contributed by atoms with Crippen LogP contribution in [0.25, 0.3) is 11.0 Å². The second-order valence-electron chi connectivity index (χ2n) is 6.26. The molecule has 1 aromatic heterocycles. The molecule has 114 valence electrons. The molecule has 1 fully saturated rings. The summed E-state index contributed by atoms with van der Waals surface area (Å²) in [6.07, 6.45) is 3.55. The number of hydrogen-bond acceptors (Lipinski definition) is 1. The highest BCUT2D eigenvalue weighted by atomic mass is 35.5. The van der Waals surface area contributed by atoms with E-state index in [1.54, 1.807) is 12.1 Å². The third kappa shape index (κ3) is 2.46. The number of aromatic nitrogens is 2. The zero-order chi connectivity index (χ0) is 15.1. The summed E-state index contributed by atoms with van der Waals surface area (Å²) in [5, 5.41) is -0.173. The van der Waals surface area contributed by atoms with E-state index in [-0.39, 0.29) is 11.2 Å². The van der Waals surface area contributed by atoms with Crippen LogP contribution in [-0.4, -0.2) is 9.55 Å². The van der Waals surface area contributed by atoms with Crippen LogP contribution in [0.15, 0.2) is 18.2 Å². The number of benzene rings is 1. The number of alkyl halides is 1. The summed E-state index contributed by atoms with van der Waals surface area (Å²) in [5.41, 5.74) is 1.72. The lowest BCUT2D eigenvalue weighted by atomic mass is 9.93. The van der Waals surface area contributed by atoms with Crippen LogP contribution in [0.2, 0.25) is 0 Å². The third-order valence-electron chi connectivity index (χ3n) is 5.07. The molecule has 3 rings (SSSR count). The quantitative estimate of drug-likeness (QED) is 0.687. The largest absolute Gasteiger partial charge is 0.323 e. The molecule has 4 unspecified atom stereocenters. The summed E-state index contributed by atoms with van der Waals surface area (Å²) in [6, 6.07) is 5.19. The standard InChI is InChI=1S/C17H22ClFN2/c1-4-12-5-8-15(10(12)2)21-16-9-13(19)6-7-14(16)20-17(21)11(3)18/h6-7,9-12,15H,4-5,8H2,1-3H3. The van der Waals surface area contributed by atoms with Gasteiger partial charge < -0.3 is 4.57 Å². The molecular weight excluding hydrogens is 287 g/mol. The van der Waals surface area contributed by atoms with E-state index < -0.39 is 0 Å². The van der Waals surface area contributed by atoms with Gasteiger partial charge >= 0.3 is 0 Å². The number of imidazole rings is 1. The van der Waals surface area contributed by atoms with Gasteiger partial charge in [-0.05, 0) is 49.8 Å². The van der Waals surface area contributed by atoms with Crippen LogP contribution in [0, 0.1) is 17.7 Å². The number of hydrogen-bond donors (Lipinski definition) is 0. The second-order valence-corrected chi connectivity index (χ2v) is 6.92. The minimum absolute atomic E-state index is 0.173. The minimum atomic E-state index is -0.213. The molecular formula is C17H22ClFN2. The van der Waals surface area contributed by atoms with Crippen molar-refractivity contribution >= 4 is 22.6 Å². The van der Waals surface area contributed by atoms with Crippen LogP contribution < -0.4 is 0 Å². The first-order valence-electron chi connectivity index (χ1n) is 7.84. The Morgan fingerprint density at radius 3 is 2.81 bits per heavy atom. The van der Waals surface area contributed by atoms with Crippen molar-refractivity contribution in [3.63, 3.8) is 0 Å². The highest BCUT2D eigenvalue weighted by Gasteiger charge is 2.35. The molecule has 4 heteroatoms. The van der Waals surface area contributed by atoms with Crippen molar-refractivity contribution < 1.29 is 4.39 Å². The van der Waals surface area contributed by atoms with E-state index in [0.29, 0.717) is 12.0 Å². The number of halogens is 2. The average Bonchev–Trinajstić information content (AvgIpc) is 2.98. The normalized spacial score (nSPS) is 27.4. The Morgan fingerprint density at radius 2 is 2.19 bits per heavy atom. The monoisotopic (exact) mass is 308 g/mol. The fraction of sp³-hybridized carbons (Fsp3) is 0.588. The highest BCUT2D eigenvalue weighted by molar-refractivity contribution is 6.20. The van der Waals surface area contributed by atoms with Crippen molar-refractivity contribution in [1.82, 2.24) is 9.55 Å². The lowest BCUT2D eigenvalue weighted by molar-refractivity contribution is 0.329. The van der Waals surface area contributed by atoms with Gasteiger partial charge in [0.15, 0.2) is 0 Å². The smallest absolute Gasteiger partial charge is 0.127 e. The van der Waals surface area contributed by atoms with Gasteiger partial charge in [0.1, 0.15) is 11.6 Å². The van der Waals surface area contributed by atoms with Crippen LogP contribution in [-0.2, 0) is 0 Å². The molecule has 0 bridgehead atoms. The van der Waals surface area contributed by atoms with E-state index in [9.17, 15) is 4.39 Å². The highest BCUT2D eigenvalue weighted by Crippen LogP contribution is 2.44. The van der Waals surface area contributed by atoms with Gasteiger partial charge in [0, 0.05) is 6.04 Å². The molecule has 0 spiro atoms. The van der Waals surface area contributed by atoms with E-state index in [2.05, 4.69) is 23.4 Å². The first-order valence-corrected chi connectivity index (χ1v) is 8.28. The Bertz CT molecular complexity index is 650. The van der Waals surface area contributed by atoms with Crippen molar-refractivity contribution in [3.8, 4) is 0 Å². The number of nitrogens with zero attached hydrogens (tertiary/aromatic N) is 2. The van der Waals surface area contributed by atoms with Gasteiger partial charge in [0.05, 0.1) is 16.4 Å². The van der Waals surface area contributed by atoms with Crippen LogP contribution in [0.4, 0.5) is 4.39 Å². The molecule has 2 aromatic rings. The first-order chi connectivity index (χ1) is 10.0. The van der Waals surface area contributed by atoms with E-state index in [1.165, 1.54) is 18.9 Å². The summed E-state index contributed by atoms with van der Waals surface area (Å²) in [4.78, 5) is 4.65. The van der Waals surface area contributed by atoms with Gasteiger partial charge in [-0.3, -0.25) is 0 Å². The van der Waals surface area contributed by atoms with Crippen LogP contribution >= 0.6 is 11.6 Å². The molecule has 1 saturated carbocycles. The van der Waals surface area contributed by atoms with Gasteiger partial charge in [-0.15, -0.1) is 11.6 Å². The Morgan fingerprint density at radius 1 is 1.43 bits per heavy atom. The number of fused-ring (bicyclic) bond motifs is 1. The molecule has 0 N–H and O–H groups in total. The Kier molecular flexibility index (Phi) is 3.96. The maximum absolute atomic E-state index is 13.7. The van der Waals surface area contributed by atoms with E-state index in [1.807, 2.05) is 6.92 Å². The van der Waals surface area contributed by atoms with Gasteiger partial charge in [0.2, 0.25) is 0 Å². The molecule has 2 nitrogen and oxygen atoms in total. The lowest BCUT2D eigenvalue weighted by Crippen LogP contribution is -2.18. The molecule has 1 aliphatic carbocycles. The second kappa shape index (κ2) is 5.60. The zero-order valence-corrected chi connectivity index (χ0v) is 13.6. The van der Waals surface area contributed by atoms with E-state index in [4.69, 9.17) is 11.6 Å². The molecule has 1 aliphatic rings. The molecule has 0 saturated heterocycles. The Labute approximate surface area is 130 Å². The fourth-order valence-corrected chi connectivity index (χ4v) is 4.03. The van der Waals surface area contributed by atoms with E-state index in [0.717, 1.165) is 29.2 Å². The molecule has 0 radical (unpaired) electrons. The average molecular weight is 309 g/mol. The van der Waals surface area contributed by atoms with Crippen molar-refractivity contribution in [3.05, 3.63) is 29.8 Å². The molecule has 1 heterocycles. The molecule has 21 heavy (non-hydrogen) atoms. The molecule has 0 aliphatic heterocycles. The summed E-state index contributed by atoms with van der Waals surface area (Å²) in [7, 11) is 0. The van der Waals surface area contributed by atoms with Gasteiger partial charge in [-0.1, -0.05) is 20.3 Å². The Hall–Kier alpha value is -1.09. The molecule has 4 atom stereocenters. The SMILES string of the molecule is CCC1CCC(n2c(C(C)Cl)nc3ccc(F)cc32)C1C. The fourth-order valence-electron chi connectivity index (χ4n) is 3.88. The van der Waals surface area contributed by atoms with Crippen molar-refractivity contribution in [2.24, 2.45) is 11.8 Å². The topological polar surface area (TPSA) is 17.8 Å². The molecule has 1 aromatic carbocycles. The predicted molar refractivity (Wildman–Crippen MR) is 85.2 cm³/mol. The third-order valence-corrected chi connectivity index (χ3v) is 5.27. The summed E-state index contributed by atoms with van der Waals surface area (Å²) in [6.45, 7) is 6.49. The first kappa shape index (κ1) is 14.8. The lowest BCUT2D eigenvalue weighted by Gasteiger charge is -2.24. The summed E-state index contributed by atoms with van der Waals surface area (Å²) in [5.74, 6) is 1.96. The van der Waals surface area contributed by atoms with E-state index >= 15 is 0 Å². The maximum atomic E-state index is 13.7. The number of rotatable bonds is 3. The maximum Gasteiger partial charge on any atom is 0.127 e. The summed E-state index contributed by atoms with van der Waals surface area (Å²) >= 11 is 6.34. The van der Waals surface area contributed by atoms with Crippen molar-refractivity contribution in [1.29, 1.82) is 0 Å². The van der Waals surface area contributed by atoms with Gasteiger partial charge in [0.25, 0.3) is 0 Å². The zero-order valence-electron chi connectivity index (χ0n) is 12.8. The minimum Gasteiger partial charge on any atom is -0.323 e. The van der Waals surface area contributed by atoms with Crippen LogP contribution in [0.3, 0.4) is 0 Å². The van der Waals surface area contributed by atoms with Crippen molar-refractivity contribution in [2.75, 3.05) is 0 Å². The van der Waals surface area contributed by atoms with Gasteiger partial charge in [-0.2, -0.15) is 0 Å². The van der Waals surface area contributed by atoms with Gasteiger partial charge in [-0.25, -0.2) is 9.37 Å². The summed E-state index contributed by atoms with van der Waals surface area (Å²) < 4.78 is 15.9. The van der Waals surface area contributed by atoms with Crippen LogP contribution in [0.5, 0.6) is 0 Å². The predicted octanol–water partition coefficient (Wildman–Crippen LogP) is 5.47. The Balaban J connectivity index is 2.15. The van der Waals surface area contributed by atoms with Crippen LogP contribution in [0.1, 0.15) is 57.3 Å². The van der Waals surface area contributed by atoms with Crippen molar-refractivity contribution in [2.45, 2.75) is 51.5 Å². The molecule has 0 amide bonds.